The van der Waals surface area contributed by atoms with E-state index in [1.54, 1.807) is 0 Å². The zero-order valence-electron chi connectivity index (χ0n) is 15.1. The van der Waals surface area contributed by atoms with Gasteiger partial charge in [-0.3, -0.25) is 0 Å². The molecule has 0 spiro atoms. The highest BCUT2D eigenvalue weighted by Gasteiger charge is 2.53. The fourth-order valence-corrected chi connectivity index (χ4v) is 4.31. The molecular formula is C17H35N3O. The molecule has 4 heteroatoms. The van der Waals surface area contributed by atoms with Crippen molar-refractivity contribution in [3.8, 4) is 0 Å². The molecule has 0 aliphatic carbocycles. The number of likely N-dealkylation sites (N-methyl/N-ethyl adjacent to an activating group) is 2. The first-order valence-corrected chi connectivity index (χ1v) is 8.49. The van der Waals surface area contributed by atoms with Crippen molar-refractivity contribution in [2.45, 2.75) is 64.3 Å². The van der Waals surface area contributed by atoms with Gasteiger partial charge in [-0.15, -0.1) is 0 Å². The summed E-state index contributed by atoms with van der Waals surface area (Å²) in [6.45, 7) is 15.7. The number of hydrogen-bond donors (Lipinski definition) is 1. The molecule has 2 aliphatic rings. The first-order chi connectivity index (χ1) is 9.67. The van der Waals surface area contributed by atoms with Crippen LogP contribution in [0.4, 0.5) is 0 Å². The molecule has 3 unspecified atom stereocenters. The van der Waals surface area contributed by atoms with E-state index in [0.717, 1.165) is 13.1 Å². The SMILES string of the molecule is CCNC1C(CN2CCC(N(C)C)C2)C(C)(C)OC1(C)C. The average Bonchev–Trinajstić information content (AvgIpc) is 2.86. The highest BCUT2D eigenvalue weighted by Crippen LogP contribution is 2.42. The van der Waals surface area contributed by atoms with Gasteiger partial charge in [0.25, 0.3) is 0 Å². The minimum Gasteiger partial charge on any atom is -0.368 e. The Kier molecular flexibility index (Phi) is 5.04. The summed E-state index contributed by atoms with van der Waals surface area (Å²) in [4.78, 5) is 4.99. The number of nitrogens with one attached hydrogen (secondary N) is 1. The highest BCUT2D eigenvalue weighted by atomic mass is 16.5. The summed E-state index contributed by atoms with van der Waals surface area (Å²) in [7, 11) is 4.39. The third-order valence-corrected chi connectivity index (χ3v) is 5.43. The fraction of sp³-hybridized carbons (Fsp3) is 1.00. The largest absolute Gasteiger partial charge is 0.368 e. The van der Waals surface area contributed by atoms with Crippen LogP contribution < -0.4 is 5.32 Å². The maximum Gasteiger partial charge on any atom is 0.0790 e. The van der Waals surface area contributed by atoms with Crippen molar-refractivity contribution < 1.29 is 4.74 Å². The predicted octanol–water partition coefficient (Wildman–Crippen LogP) is 1.80. The van der Waals surface area contributed by atoms with Crippen molar-refractivity contribution in [3.05, 3.63) is 0 Å². The van der Waals surface area contributed by atoms with Gasteiger partial charge in [0.1, 0.15) is 0 Å². The number of likely N-dealkylation sites (tertiary alicyclic amines) is 1. The van der Waals surface area contributed by atoms with Crippen LogP contribution in [0.3, 0.4) is 0 Å². The maximum atomic E-state index is 6.40. The van der Waals surface area contributed by atoms with Crippen molar-refractivity contribution in [1.29, 1.82) is 0 Å². The van der Waals surface area contributed by atoms with E-state index in [1.165, 1.54) is 19.5 Å². The molecule has 2 fully saturated rings. The van der Waals surface area contributed by atoms with Gasteiger partial charge in [-0.1, -0.05) is 6.92 Å². The summed E-state index contributed by atoms with van der Waals surface area (Å²) in [6, 6.07) is 1.14. The van der Waals surface area contributed by atoms with Gasteiger partial charge in [0.15, 0.2) is 0 Å². The molecule has 0 aromatic heterocycles. The molecule has 3 atom stereocenters. The van der Waals surface area contributed by atoms with Gasteiger partial charge in [-0.25, -0.2) is 0 Å². The summed E-state index contributed by atoms with van der Waals surface area (Å²) in [6.07, 6.45) is 1.29. The Morgan fingerprint density at radius 2 is 1.86 bits per heavy atom. The topological polar surface area (TPSA) is 27.7 Å². The van der Waals surface area contributed by atoms with Gasteiger partial charge in [-0.05, 0) is 61.3 Å². The van der Waals surface area contributed by atoms with Crippen LogP contribution in [0.1, 0.15) is 41.0 Å². The molecule has 1 N–H and O–H groups in total. The molecule has 0 radical (unpaired) electrons. The Morgan fingerprint density at radius 1 is 1.19 bits per heavy atom. The van der Waals surface area contributed by atoms with Gasteiger partial charge < -0.3 is 19.9 Å². The summed E-state index contributed by atoms with van der Waals surface area (Å²) >= 11 is 0. The van der Waals surface area contributed by atoms with Gasteiger partial charge in [0.2, 0.25) is 0 Å². The quantitative estimate of drug-likeness (QED) is 0.837. The Bertz CT molecular complexity index is 354. The van der Waals surface area contributed by atoms with E-state index >= 15 is 0 Å². The van der Waals surface area contributed by atoms with E-state index < -0.39 is 0 Å². The number of hydrogen-bond acceptors (Lipinski definition) is 4. The van der Waals surface area contributed by atoms with Gasteiger partial charge in [0.05, 0.1) is 11.2 Å². The Morgan fingerprint density at radius 3 is 2.38 bits per heavy atom. The van der Waals surface area contributed by atoms with Crippen LogP contribution in [0.15, 0.2) is 0 Å². The van der Waals surface area contributed by atoms with Crippen molar-refractivity contribution in [1.82, 2.24) is 15.1 Å². The van der Waals surface area contributed by atoms with E-state index in [1.807, 2.05) is 0 Å². The second-order valence-corrected chi connectivity index (χ2v) is 8.12. The van der Waals surface area contributed by atoms with Crippen LogP contribution in [-0.2, 0) is 4.74 Å². The van der Waals surface area contributed by atoms with E-state index in [9.17, 15) is 0 Å². The average molecular weight is 297 g/mol. The standard InChI is InChI=1S/C17H35N3O/c1-8-18-15-14(16(2,3)21-17(15,4)5)12-20-10-9-13(11-20)19(6)7/h13-15,18H,8-12H2,1-7H3. The molecule has 0 aromatic carbocycles. The van der Waals surface area contributed by atoms with Gasteiger partial charge in [-0.2, -0.15) is 0 Å². The van der Waals surface area contributed by atoms with Crippen LogP contribution in [-0.4, -0.2) is 73.4 Å². The third kappa shape index (κ3) is 3.61. The fourth-order valence-electron chi connectivity index (χ4n) is 4.31. The molecule has 2 saturated heterocycles. The lowest BCUT2D eigenvalue weighted by Gasteiger charge is -2.33. The number of ether oxygens (including phenoxy) is 1. The van der Waals surface area contributed by atoms with Crippen LogP contribution >= 0.6 is 0 Å². The van der Waals surface area contributed by atoms with E-state index in [0.29, 0.717) is 18.0 Å². The smallest absolute Gasteiger partial charge is 0.0790 e. The van der Waals surface area contributed by atoms with Crippen LogP contribution in [0.25, 0.3) is 0 Å². The highest BCUT2D eigenvalue weighted by molar-refractivity contribution is 5.06. The molecule has 2 heterocycles. The van der Waals surface area contributed by atoms with E-state index in [-0.39, 0.29) is 11.2 Å². The molecule has 2 rings (SSSR count). The zero-order valence-corrected chi connectivity index (χ0v) is 15.1. The van der Waals surface area contributed by atoms with E-state index in [2.05, 4.69) is 63.8 Å². The van der Waals surface area contributed by atoms with Gasteiger partial charge >= 0.3 is 0 Å². The molecule has 124 valence electrons. The normalized spacial score (nSPS) is 35.7. The summed E-state index contributed by atoms with van der Waals surface area (Å²) in [5.74, 6) is 0.536. The molecule has 4 nitrogen and oxygen atoms in total. The minimum atomic E-state index is -0.0924. The van der Waals surface area contributed by atoms with Gasteiger partial charge in [0, 0.05) is 31.1 Å². The maximum absolute atomic E-state index is 6.40. The minimum absolute atomic E-state index is 0.0630. The Labute approximate surface area is 131 Å². The number of rotatable bonds is 5. The second kappa shape index (κ2) is 6.15. The first-order valence-electron chi connectivity index (χ1n) is 8.49. The number of nitrogens with zero attached hydrogens (tertiary/aromatic N) is 2. The Hall–Kier alpha value is -0.160. The monoisotopic (exact) mass is 297 g/mol. The van der Waals surface area contributed by atoms with Crippen molar-refractivity contribution in [2.75, 3.05) is 40.3 Å². The van der Waals surface area contributed by atoms with Crippen molar-refractivity contribution in [3.63, 3.8) is 0 Å². The lowest BCUT2D eigenvalue weighted by Crippen LogP contribution is -2.50. The molecule has 2 aliphatic heterocycles. The summed E-state index contributed by atoms with van der Waals surface area (Å²) in [5, 5.41) is 3.69. The molecule has 0 amide bonds. The third-order valence-electron chi connectivity index (χ3n) is 5.43. The predicted molar refractivity (Wildman–Crippen MR) is 88.7 cm³/mol. The van der Waals surface area contributed by atoms with Crippen LogP contribution in [0, 0.1) is 5.92 Å². The lowest BCUT2D eigenvalue weighted by atomic mass is 9.82. The molecule has 0 saturated carbocycles. The van der Waals surface area contributed by atoms with E-state index in [4.69, 9.17) is 4.74 Å². The van der Waals surface area contributed by atoms with Crippen LogP contribution in [0.2, 0.25) is 0 Å². The first kappa shape index (κ1) is 17.2. The summed E-state index contributed by atoms with van der Waals surface area (Å²) in [5.41, 5.74) is -0.155. The molecule has 21 heavy (non-hydrogen) atoms. The second-order valence-electron chi connectivity index (χ2n) is 8.12. The zero-order chi connectivity index (χ0) is 15.8. The molecular weight excluding hydrogens is 262 g/mol. The van der Waals surface area contributed by atoms with Crippen molar-refractivity contribution in [2.24, 2.45) is 5.92 Å². The Balaban J connectivity index is 2.06. The lowest BCUT2D eigenvalue weighted by molar-refractivity contribution is -0.0793. The molecule has 0 aromatic rings. The molecule has 0 bridgehead atoms. The van der Waals surface area contributed by atoms with Crippen LogP contribution in [0.5, 0.6) is 0 Å². The summed E-state index contributed by atoms with van der Waals surface area (Å²) < 4.78 is 6.40. The van der Waals surface area contributed by atoms with Crippen molar-refractivity contribution >= 4 is 0 Å².